The monoisotopic (exact) mass is 431 g/mol. The molecule has 0 amide bonds. The maximum absolute atomic E-state index is 13.5. The van der Waals surface area contributed by atoms with E-state index in [1.165, 1.54) is 6.07 Å². The highest BCUT2D eigenvalue weighted by Gasteiger charge is 2.19. The molecular formula is C10H5Br2F2NO2S2. The predicted octanol–water partition coefficient (Wildman–Crippen LogP) is 4.35. The lowest BCUT2D eigenvalue weighted by Crippen LogP contribution is -2.12. The molecule has 0 saturated heterocycles. The summed E-state index contributed by atoms with van der Waals surface area (Å²) in [7, 11) is -3.89. The summed E-state index contributed by atoms with van der Waals surface area (Å²) in [6, 6.07) is 4.58. The Morgan fingerprint density at radius 2 is 1.79 bits per heavy atom. The Kier molecular flexibility index (Phi) is 4.29. The minimum Gasteiger partial charge on any atom is -0.276 e. The molecule has 0 radical (unpaired) electrons. The van der Waals surface area contributed by atoms with Gasteiger partial charge in [0, 0.05) is 6.07 Å². The van der Waals surface area contributed by atoms with Crippen LogP contribution < -0.4 is 4.72 Å². The van der Waals surface area contributed by atoms with E-state index in [0.717, 1.165) is 17.4 Å². The Balaban J connectivity index is 2.38. The lowest BCUT2D eigenvalue weighted by molar-refractivity contribution is 0.579. The molecule has 2 rings (SSSR count). The van der Waals surface area contributed by atoms with Crippen LogP contribution in [-0.2, 0) is 10.0 Å². The fourth-order valence-electron chi connectivity index (χ4n) is 1.24. The standard InChI is InChI=1S/C10H5Br2F2NO2S2/c11-5-3-8(7(14)4-6(5)13)15-19(16,17)10-2-1-9(12)18-10/h1-4,15H. The van der Waals surface area contributed by atoms with Crippen molar-refractivity contribution in [2.24, 2.45) is 0 Å². The first-order valence-electron chi connectivity index (χ1n) is 4.72. The number of benzene rings is 1. The molecule has 0 aliphatic heterocycles. The summed E-state index contributed by atoms with van der Waals surface area (Å²) < 4.78 is 53.2. The van der Waals surface area contributed by atoms with Gasteiger partial charge in [0.05, 0.1) is 13.9 Å². The van der Waals surface area contributed by atoms with Crippen molar-refractivity contribution in [3.63, 3.8) is 0 Å². The summed E-state index contributed by atoms with van der Waals surface area (Å²) in [6.45, 7) is 0. The summed E-state index contributed by atoms with van der Waals surface area (Å²) in [5, 5.41) is 0. The van der Waals surface area contributed by atoms with Crippen LogP contribution in [0.4, 0.5) is 14.5 Å². The van der Waals surface area contributed by atoms with Gasteiger partial charge in [0.25, 0.3) is 10.0 Å². The van der Waals surface area contributed by atoms with Crippen LogP contribution in [0.25, 0.3) is 0 Å². The van der Waals surface area contributed by atoms with Gasteiger partial charge < -0.3 is 0 Å². The van der Waals surface area contributed by atoms with Crippen molar-refractivity contribution in [1.82, 2.24) is 0 Å². The van der Waals surface area contributed by atoms with Gasteiger partial charge in [0.2, 0.25) is 0 Å². The second-order valence-corrected chi connectivity index (χ2v) is 8.64. The van der Waals surface area contributed by atoms with Crippen molar-refractivity contribution in [3.8, 4) is 0 Å². The predicted molar refractivity (Wildman–Crippen MR) is 76.9 cm³/mol. The first kappa shape index (κ1) is 14.9. The molecule has 1 heterocycles. The van der Waals surface area contributed by atoms with Gasteiger partial charge in [-0.25, -0.2) is 17.2 Å². The van der Waals surface area contributed by atoms with Gasteiger partial charge in [0.1, 0.15) is 15.8 Å². The fourth-order valence-corrected chi connectivity index (χ4v) is 4.65. The van der Waals surface area contributed by atoms with Crippen LogP contribution in [0.5, 0.6) is 0 Å². The SMILES string of the molecule is O=S(=O)(Nc1cc(Br)c(F)cc1F)c1ccc(Br)s1. The van der Waals surface area contributed by atoms with Gasteiger partial charge in [0.15, 0.2) is 0 Å². The molecule has 0 bridgehead atoms. The van der Waals surface area contributed by atoms with Gasteiger partial charge in [-0.3, -0.25) is 4.72 Å². The number of anilines is 1. The second-order valence-electron chi connectivity index (χ2n) is 3.41. The highest BCUT2D eigenvalue weighted by molar-refractivity contribution is 9.11. The second kappa shape index (κ2) is 5.47. The Morgan fingerprint density at radius 3 is 2.37 bits per heavy atom. The van der Waals surface area contributed by atoms with Crippen LogP contribution in [0.1, 0.15) is 0 Å². The summed E-state index contributed by atoms with van der Waals surface area (Å²) in [4.78, 5) is 0. The van der Waals surface area contributed by atoms with Crippen LogP contribution in [0.2, 0.25) is 0 Å². The molecule has 0 aliphatic carbocycles. The minimum atomic E-state index is -3.89. The molecule has 0 spiro atoms. The number of nitrogens with one attached hydrogen (secondary N) is 1. The van der Waals surface area contributed by atoms with E-state index in [2.05, 4.69) is 36.6 Å². The molecule has 0 fully saturated rings. The van der Waals surface area contributed by atoms with Crippen molar-refractivity contribution < 1.29 is 17.2 Å². The van der Waals surface area contributed by atoms with E-state index in [1.807, 2.05) is 0 Å². The van der Waals surface area contributed by atoms with Gasteiger partial charge in [-0.2, -0.15) is 0 Å². The zero-order valence-corrected chi connectivity index (χ0v) is 13.8. The first-order valence-corrected chi connectivity index (χ1v) is 8.61. The number of hydrogen-bond acceptors (Lipinski definition) is 3. The van der Waals surface area contributed by atoms with E-state index >= 15 is 0 Å². The Morgan fingerprint density at radius 1 is 1.11 bits per heavy atom. The third kappa shape index (κ3) is 3.33. The Labute approximate surface area is 129 Å². The lowest BCUT2D eigenvalue weighted by Gasteiger charge is -2.08. The maximum atomic E-state index is 13.5. The number of hydrogen-bond donors (Lipinski definition) is 1. The zero-order chi connectivity index (χ0) is 14.2. The molecule has 1 N–H and O–H groups in total. The third-order valence-corrected chi connectivity index (χ3v) is 6.16. The summed E-state index contributed by atoms with van der Waals surface area (Å²) in [6.07, 6.45) is 0. The normalized spacial score (nSPS) is 11.6. The number of halogens is 4. The topological polar surface area (TPSA) is 46.2 Å². The van der Waals surface area contributed by atoms with Crippen molar-refractivity contribution in [2.45, 2.75) is 4.21 Å². The molecule has 9 heteroatoms. The molecule has 1 aromatic carbocycles. The first-order chi connectivity index (χ1) is 8.79. The third-order valence-electron chi connectivity index (χ3n) is 2.07. The fraction of sp³-hybridized carbons (Fsp3) is 0. The molecule has 0 aliphatic rings. The molecule has 19 heavy (non-hydrogen) atoms. The highest BCUT2D eigenvalue weighted by Crippen LogP contribution is 2.29. The van der Waals surface area contributed by atoms with Crippen LogP contribution in [0.3, 0.4) is 0 Å². The molecule has 0 atom stereocenters. The molecule has 2 aromatic rings. The van der Waals surface area contributed by atoms with Gasteiger partial charge in [-0.1, -0.05) is 0 Å². The van der Waals surface area contributed by atoms with Crippen molar-refractivity contribution in [2.75, 3.05) is 4.72 Å². The van der Waals surface area contributed by atoms with Gasteiger partial charge in [-0.15, -0.1) is 11.3 Å². The van der Waals surface area contributed by atoms with Crippen molar-refractivity contribution >= 4 is 58.9 Å². The number of rotatable bonds is 3. The number of thiophene rings is 1. The van der Waals surface area contributed by atoms with E-state index < -0.39 is 21.7 Å². The van der Waals surface area contributed by atoms with Crippen LogP contribution >= 0.6 is 43.2 Å². The van der Waals surface area contributed by atoms with Crippen molar-refractivity contribution in [1.29, 1.82) is 0 Å². The highest BCUT2D eigenvalue weighted by atomic mass is 79.9. The van der Waals surface area contributed by atoms with E-state index in [1.54, 1.807) is 6.07 Å². The van der Waals surface area contributed by atoms with Gasteiger partial charge >= 0.3 is 0 Å². The van der Waals surface area contributed by atoms with Crippen molar-refractivity contribution in [3.05, 3.63) is 44.2 Å². The average Bonchev–Trinajstić information content (AvgIpc) is 2.73. The quantitative estimate of drug-likeness (QED) is 0.732. The van der Waals surface area contributed by atoms with Crippen LogP contribution in [0, 0.1) is 11.6 Å². The van der Waals surface area contributed by atoms with E-state index in [0.29, 0.717) is 9.85 Å². The van der Waals surface area contributed by atoms with Crippen LogP contribution in [0.15, 0.2) is 36.7 Å². The maximum Gasteiger partial charge on any atom is 0.271 e. The molecule has 0 unspecified atom stereocenters. The molecule has 0 saturated carbocycles. The lowest BCUT2D eigenvalue weighted by atomic mass is 10.3. The van der Waals surface area contributed by atoms with E-state index in [9.17, 15) is 17.2 Å². The smallest absolute Gasteiger partial charge is 0.271 e. The summed E-state index contributed by atoms with van der Waals surface area (Å²) >= 11 is 6.99. The zero-order valence-electron chi connectivity index (χ0n) is 8.95. The minimum absolute atomic E-state index is 0.0271. The summed E-state index contributed by atoms with van der Waals surface area (Å²) in [5.41, 5.74) is -0.321. The van der Waals surface area contributed by atoms with Crippen LogP contribution in [-0.4, -0.2) is 8.42 Å². The molecule has 102 valence electrons. The average molecular weight is 433 g/mol. The summed E-state index contributed by atoms with van der Waals surface area (Å²) in [5.74, 6) is -1.79. The van der Waals surface area contributed by atoms with E-state index in [-0.39, 0.29) is 14.4 Å². The van der Waals surface area contributed by atoms with Gasteiger partial charge in [-0.05, 0) is 50.1 Å². The molecule has 1 aromatic heterocycles. The molecular weight excluding hydrogens is 428 g/mol. The number of sulfonamides is 1. The van der Waals surface area contributed by atoms with E-state index in [4.69, 9.17) is 0 Å². The Hall–Kier alpha value is -0.510. The Bertz CT molecular complexity index is 731. The molecule has 3 nitrogen and oxygen atoms in total. The largest absolute Gasteiger partial charge is 0.276 e.